The Labute approximate surface area is 184 Å². The zero-order chi connectivity index (χ0) is 23.2. The summed E-state index contributed by atoms with van der Waals surface area (Å²) in [4.78, 5) is 35.7. The van der Waals surface area contributed by atoms with Crippen LogP contribution in [0, 0.1) is 0 Å². The van der Waals surface area contributed by atoms with E-state index in [-0.39, 0.29) is 0 Å². The van der Waals surface area contributed by atoms with Crippen LogP contribution >= 0.6 is 0 Å². The van der Waals surface area contributed by atoms with Crippen LogP contribution in [-0.4, -0.2) is 38.8 Å². The number of hydrogen-bond acceptors (Lipinski definition) is 5. The predicted octanol–water partition coefficient (Wildman–Crippen LogP) is 3.20. The molecule has 0 aromatic heterocycles. The summed E-state index contributed by atoms with van der Waals surface area (Å²) in [7, 11) is 0. The monoisotopic (exact) mass is 434 g/mol. The first-order chi connectivity index (χ1) is 15.3. The Bertz CT molecular complexity index is 984. The molecule has 7 heteroatoms. The molecule has 0 spiro atoms. The average Bonchev–Trinajstić information content (AvgIpc) is 2.78. The first-order valence-electron chi connectivity index (χ1n) is 9.84. The lowest BCUT2D eigenvalue weighted by molar-refractivity contribution is -0.175. The van der Waals surface area contributed by atoms with Gasteiger partial charge in [0.1, 0.15) is 0 Å². The molecule has 0 aliphatic heterocycles. The average molecular weight is 434 g/mol. The minimum absolute atomic E-state index is 0.600. The quantitative estimate of drug-likeness (QED) is 0.349. The number of benzene rings is 3. The molecule has 32 heavy (non-hydrogen) atoms. The Morgan fingerprint density at radius 3 is 1.34 bits per heavy atom. The van der Waals surface area contributed by atoms with E-state index in [1.165, 1.54) is 0 Å². The molecular weight excluding hydrogens is 412 g/mol. The van der Waals surface area contributed by atoms with Crippen LogP contribution in [0.15, 0.2) is 91.0 Å². The minimum Gasteiger partial charge on any atom is -0.481 e. The van der Waals surface area contributed by atoms with Crippen LogP contribution < -0.4 is 0 Å². The van der Waals surface area contributed by atoms with Gasteiger partial charge in [0.05, 0.1) is 12.8 Å². The molecule has 0 fully saturated rings. The zero-order valence-electron chi connectivity index (χ0n) is 17.0. The highest BCUT2D eigenvalue weighted by Gasteiger charge is 2.45. The second-order valence-corrected chi connectivity index (χ2v) is 7.34. The van der Waals surface area contributed by atoms with Crippen molar-refractivity contribution in [3.63, 3.8) is 0 Å². The van der Waals surface area contributed by atoms with Gasteiger partial charge in [-0.2, -0.15) is 0 Å². The molecule has 0 amide bonds. The molecule has 164 valence electrons. The molecule has 0 aliphatic carbocycles. The molecule has 0 radical (unpaired) electrons. The van der Waals surface area contributed by atoms with Gasteiger partial charge >= 0.3 is 17.9 Å². The van der Waals surface area contributed by atoms with Gasteiger partial charge in [-0.1, -0.05) is 91.0 Å². The minimum atomic E-state index is -2.81. The van der Waals surface area contributed by atoms with Crippen molar-refractivity contribution in [3.8, 4) is 0 Å². The first kappa shape index (κ1) is 22.7. The van der Waals surface area contributed by atoms with Gasteiger partial charge in [0.15, 0.2) is 11.2 Å². The second kappa shape index (κ2) is 9.45. The molecule has 3 rings (SSSR count). The Morgan fingerprint density at radius 1 is 0.656 bits per heavy atom. The van der Waals surface area contributed by atoms with E-state index in [1.807, 2.05) is 18.2 Å². The molecular formula is C25H22O7. The van der Waals surface area contributed by atoms with Crippen molar-refractivity contribution in [1.82, 2.24) is 0 Å². The Kier molecular flexibility index (Phi) is 6.70. The molecule has 1 unspecified atom stereocenters. The molecule has 0 aliphatic rings. The lowest BCUT2D eigenvalue weighted by Gasteiger charge is -2.36. The lowest BCUT2D eigenvalue weighted by atomic mass is 9.80. The van der Waals surface area contributed by atoms with E-state index < -0.39 is 42.0 Å². The highest BCUT2D eigenvalue weighted by atomic mass is 16.6. The number of hydrogen-bond donors (Lipinski definition) is 3. The number of ether oxygens (including phenoxy) is 1. The number of rotatable bonds is 9. The molecule has 0 saturated heterocycles. The number of aliphatic carboxylic acids is 2. The molecule has 0 heterocycles. The molecule has 3 aromatic rings. The van der Waals surface area contributed by atoms with Crippen molar-refractivity contribution >= 4 is 17.9 Å². The van der Waals surface area contributed by atoms with E-state index in [4.69, 9.17) is 9.84 Å². The number of carboxylic acid groups (broad SMARTS) is 2. The fraction of sp³-hybridized carbons (Fsp3) is 0.160. The standard InChI is InChI=1S/C25H22O7/c26-21(27)16-24(31,23(29)30)17-22(28)32-25(18-10-4-1-5-11-18,19-12-6-2-7-13-19)20-14-8-3-9-15-20/h1-15,31H,16-17H2,(H,26,27)(H,29,30). The van der Waals surface area contributed by atoms with Gasteiger partial charge in [-0.05, 0) is 0 Å². The Hall–Kier alpha value is -3.97. The second-order valence-electron chi connectivity index (χ2n) is 7.34. The largest absolute Gasteiger partial charge is 0.481 e. The van der Waals surface area contributed by atoms with Crippen molar-refractivity contribution in [2.45, 2.75) is 24.0 Å². The normalized spacial score (nSPS) is 13.0. The van der Waals surface area contributed by atoms with E-state index in [2.05, 4.69) is 0 Å². The summed E-state index contributed by atoms with van der Waals surface area (Å²) in [5.41, 5.74) is -2.46. The third kappa shape index (κ3) is 4.68. The van der Waals surface area contributed by atoms with E-state index in [0.717, 1.165) is 0 Å². The van der Waals surface area contributed by atoms with E-state index in [0.29, 0.717) is 16.7 Å². The summed E-state index contributed by atoms with van der Waals surface area (Å²) in [5.74, 6) is -4.43. The molecule has 3 N–H and O–H groups in total. The summed E-state index contributed by atoms with van der Waals surface area (Å²) in [6.07, 6.45) is -2.19. The van der Waals surface area contributed by atoms with Gasteiger partial charge < -0.3 is 20.1 Å². The third-order valence-corrected chi connectivity index (χ3v) is 5.09. The van der Waals surface area contributed by atoms with Gasteiger partial charge in [0.2, 0.25) is 0 Å². The predicted molar refractivity (Wildman–Crippen MR) is 115 cm³/mol. The highest BCUT2D eigenvalue weighted by molar-refractivity contribution is 5.88. The summed E-state index contributed by atoms with van der Waals surface area (Å²) in [5, 5.41) is 28.7. The number of esters is 1. The molecule has 3 aromatic carbocycles. The maximum Gasteiger partial charge on any atom is 0.336 e. The van der Waals surface area contributed by atoms with Gasteiger partial charge in [0, 0.05) is 16.7 Å². The van der Waals surface area contributed by atoms with Crippen LogP contribution in [0.3, 0.4) is 0 Å². The van der Waals surface area contributed by atoms with Crippen molar-refractivity contribution in [2.24, 2.45) is 0 Å². The highest BCUT2D eigenvalue weighted by Crippen LogP contribution is 2.41. The van der Waals surface area contributed by atoms with Gasteiger partial charge in [-0.15, -0.1) is 0 Å². The van der Waals surface area contributed by atoms with Gasteiger partial charge in [-0.25, -0.2) is 4.79 Å². The summed E-state index contributed by atoms with van der Waals surface area (Å²) >= 11 is 0. The molecule has 1 atom stereocenters. The summed E-state index contributed by atoms with van der Waals surface area (Å²) in [6, 6.07) is 26.7. The molecule has 7 nitrogen and oxygen atoms in total. The topological polar surface area (TPSA) is 121 Å². The Balaban J connectivity index is 2.14. The SMILES string of the molecule is O=C(O)CC(O)(CC(=O)OC(c1ccccc1)(c1ccccc1)c1ccccc1)C(=O)O. The summed E-state index contributed by atoms with van der Waals surface area (Å²) in [6.45, 7) is 0. The van der Waals surface area contributed by atoms with Crippen LogP contribution in [0.2, 0.25) is 0 Å². The zero-order valence-corrected chi connectivity index (χ0v) is 17.0. The molecule has 0 bridgehead atoms. The number of carbonyl (C=O) groups is 3. The van der Waals surface area contributed by atoms with Gasteiger partial charge in [0.25, 0.3) is 0 Å². The number of aliphatic hydroxyl groups is 1. The van der Waals surface area contributed by atoms with Crippen molar-refractivity contribution in [1.29, 1.82) is 0 Å². The lowest BCUT2D eigenvalue weighted by Crippen LogP contribution is -2.45. The van der Waals surface area contributed by atoms with E-state index in [9.17, 15) is 24.6 Å². The van der Waals surface area contributed by atoms with Crippen LogP contribution in [-0.2, 0) is 24.7 Å². The van der Waals surface area contributed by atoms with Crippen LogP contribution in [0.5, 0.6) is 0 Å². The van der Waals surface area contributed by atoms with Crippen molar-refractivity contribution in [2.75, 3.05) is 0 Å². The number of carboxylic acids is 2. The smallest absolute Gasteiger partial charge is 0.336 e. The van der Waals surface area contributed by atoms with Crippen molar-refractivity contribution in [3.05, 3.63) is 108 Å². The fourth-order valence-corrected chi connectivity index (χ4v) is 3.60. The van der Waals surface area contributed by atoms with Crippen LogP contribution in [0.1, 0.15) is 29.5 Å². The number of carbonyl (C=O) groups excluding carboxylic acids is 1. The van der Waals surface area contributed by atoms with Crippen molar-refractivity contribution < 1.29 is 34.4 Å². The molecule has 0 saturated carbocycles. The first-order valence-corrected chi connectivity index (χ1v) is 9.84. The summed E-state index contributed by atoms with van der Waals surface area (Å²) < 4.78 is 5.97. The third-order valence-electron chi connectivity index (χ3n) is 5.09. The van der Waals surface area contributed by atoms with Crippen LogP contribution in [0.25, 0.3) is 0 Å². The van der Waals surface area contributed by atoms with Gasteiger partial charge in [-0.3, -0.25) is 9.59 Å². The maximum atomic E-state index is 13.0. The fourth-order valence-electron chi connectivity index (χ4n) is 3.60. The maximum absolute atomic E-state index is 13.0. The Morgan fingerprint density at radius 2 is 1.03 bits per heavy atom. The van der Waals surface area contributed by atoms with Crippen LogP contribution in [0.4, 0.5) is 0 Å². The van der Waals surface area contributed by atoms with E-state index >= 15 is 0 Å². The van der Waals surface area contributed by atoms with E-state index in [1.54, 1.807) is 72.8 Å².